The Bertz CT molecular complexity index is 1110. The highest BCUT2D eigenvalue weighted by atomic mass is 35.5. The number of thiazole rings is 1. The van der Waals surface area contributed by atoms with Gasteiger partial charge >= 0.3 is 0 Å². The van der Waals surface area contributed by atoms with Gasteiger partial charge in [0.2, 0.25) is 5.91 Å². The van der Waals surface area contributed by atoms with Gasteiger partial charge in [0.1, 0.15) is 12.4 Å². The minimum atomic E-state index is -0.289. The molecule has 1 aliphatic heterocycles. The minimum Gasteiger partial charge on any atom is -0.487 e. The van der Waals surface area contributed by atoms with Crippen molar-refractivity contribution in [2.75, 3.05) is 37.6 Å². The topological polar surface area (TPSA) is 74.8 Å². The molecule has 2 amide bonds. The molecule has 7 nitrogen and oxygen atoms in total. The summed E-state index contributed by atoms with van der Waals surface area (Å²) in [5, 5.41) is 6.37. The van der Waals surface area contributed by atoms with Gasteiger partial charge in [-0.25, -0.2) is 4.98 Å². The average Bonchev–Trinajstić information content (AvgIpc) is 3.26. The summed E-state index contributed by atoms with van der Waals surface area (Å²) in [6.45, 7) is 4.96. The molecule has 1 aromatic heterocycles. The number of halogens is 1. The van der Waals surface area contributed by atoms with E-state index in [1.54, 1.807) is 40.5 Å². The average molecular weight is 485 g/mol. The molecule has 2 heterocycles. The summed E-state index contributed by atoms with van der Waals surface area (Å²) >= 11 is 7.66. The number of nitrogens with zero attached hydrogens (tertiary/aromatic N) is 3. The van der Waals surface area contributed by atoms with Crippen LogP contribution >= 0.6 is 22.9 Å². The standard InChI is InChI=1S/C24H25ClN4O3S/c1-17-27-20(16-33-17)15-32-22-7-5-18(6-8-22)24(31)26-14-23(30)29-11-9-28(10-12-29)21-4-2-3-19(25)13-21/h2-8,13,16H,9-12,14-15H2,1H3,(H,26,31). The van der Waals surface area contributed by atoms with E-state index in [1.165, 1.54) is 0 Å². The zero-order chi connectivity index (χ0) is 23.2. The molecule has 0 bridgehead atoms. The van der Waals surface area contributed by atoms with Crippen LogP contribution in [0.4, 0.5) is 5.69 Å². The molecule has 2 aromatic carbocycles. The first-order chi connectivity index (χ1) is 16.0. The number of nitrogens with one attached hydrogen (secondary N) is 1. The Morgan fingerprint density at radius 1 is 1.12 bits per heavy atom. The van der Waals surface area contributed by atoms with Crippen molar-refractivity contribution in [1.82, 2.24) is 15.2 Å². The van der Waals surface area contributed by atoms with Crippen molar-refractivity contribution in [3.63, 3.8) is 0 Å². The second-order valence-electron chi connectivity index (χ2n) is 7.70. The molecule has 0 aliphatic carbocycles. The van der Waals surface area contributed by atoms with Crippen molar-refractivity contribution >= 4 is 40.4 Å². The predicted octanol–water partition coefficient (Wildman–Crippen LogP) is 3.76. The van der Waals surface area contributed by atoms with Gasteiger partial charge in [0.15, 0.2) is 0 Å². The first-order valence-corrected chi connectivity index (χ1v) is 11.9. The number of aryl methyl sites for hydroxylation is 1. The van der Waals surface area contributed by atoms with Crippen LogP contribution in [-0.2, 0) is 11.4 Å². The fourth-order valence-electron chi connectivity index (χ4n) is 3.59. The number of aromatic nitrogens is 1. The number of carbonyl (C=O) groups is 2. The third-order valence-corrected chi connectivity index (χ3v) is 6.43. The number of benzene rings is 2. The number of amides is 2. The lowest BCUT2D eigenvalue weighted by Gasteiger charge is -2.36. The Morgan fingerprint density at radius 2 is 1.88 bits per heavy atom. The number of piperazine rings is 1. The zero-order valence-corrected chi connectivity index (χ0v) is 19.9. The van der Waals surface area contributed by atoms with Crippen LogP contribution < -0.4 is 15.0 Å². The van der Waals surface area contributed by atoms with Gasteiger partial charge in [-0.05, 0) is 49.4 Å². The molecular weight excluding hydrogens is 460 g/mol. The van der Waals surface area contributed by atoms with E-state index >= 15 is 0 Å². The Kier molecular flexibility index (Phi) is 7.47. The molecule has 0 atom stereocenters. The maximum absolute atomic E-state index is 12.6. The van der Waals surface area contributed by atoms with E-state index in [4.69, 9.17) is 16.3 Å². The normalized spacial score (nSPS) is 13.6. The van der Waals surface area contributed by atoms with Gasteiger partial charge in [-0.3, -0.25) is 9.59 Å². The van der Waals surface area contributed by atoms with Gasteiger partial charge in [0, 0.05) is 47.8 Å². The van der Waals surface area contributed by atoms with Gasteiger partial charge in [-0.1, -0.05) is 17.7 Å². The molecule has 9 heteroatoms. The van der Waals surface area contributed by atoms with Crippen LogP contribution in [0.1, 0.15) is 21.1 Å². The van der Waals surface area contributed by atoms with E-state index in [0.29, 0.717) is 36.0 Å². The van der Waals surface area contributed by atoms with Crippen molar-refractivity contribution in [3.8, 4) is 5.75 Å². The highest BCUT2D eigenvalue weighted by Gasteiger charge is 2.22. The number of carbonyl (C=O) groups excluding carboxylic acids is 2. The molecule has 4 rings (SSSR count). The van der Waals surface area contributed by atoms with Crippen LogP contribution in [0.15, 0.2) is 53.9 Å². The highest BCUT2D eigenvalue weighted by molar-refractivity contribution is 7.09. The molecule has 1 fully saturated rings. The van der Waals surface area contributed by atoms with E-state index in [2.05, 4.69) is 15.2 Å². The maximum Gasteiger partial charge on any atom is 0.251 e. The molecule has 172 valence electrons. The van der Waals surface area contributed by atoms with Crippen molar-refractivity contribution in [2.24, 2.45) is 0 Å². The maximum atomic E-state index is 12.6. The lowest BCUT2D eigenvalue weighted by atomic mass is 10.2. The van der Waals surface area contributed by atoms with Gasteiger partial charge < -0.3 is 19.9 Å². The van der Waals surface area contributed by atoms with Crippen LogP contribution in [0.5, 0.6) is 5.75 Å². The molecule has 0 saturated carbocycles. The molecule has 33 heavy (non-hydrogen) atoms. The lowest BCUT2D eigenvalue weighted by molar-refractivity contribution is -0.130. The Balaban J connectivity index is 1.21. The lowest BCUT2D eigenvalue weighted by Crippen LogP contribution is -2.51. The zero-order valence-electron chi connectivity index (χ0n) is 18.3. The second-order valence-corrected chi connectivity index (χ2v) is 9.20. The molecular formula is C24H25ClN4O3S. The first kappa shape index (κ1) is 23.1. The van der Waals surface area contributed by atoms with Gasteiger partial charge in [-0.15, -0.1) is 11.3 Å². The van der Waals surface area contributed by atoms with E-state index < -0.39 is 0 Å². The SMILES string of the molecule is Cc1nc(COc2ccc(C(=O)NCC(=O)N3CCN(c4cccc(Cl)c4)CC3)cc2)cs1. The molecule has 1 saturated heterocycles. The van der Waals surface area contributed by atoms with Crippen molar-refractivity contribution in [2.45, 2.75) is 13.5 Å². The summed E-state index contributed by atoms with van der Waals surface area (Å²) in [5.74, 6) is 0.279. The number of ether oxygens (including phenoxy) is 1. The highest BCUT2D eigenvalue weighted by Crippen LogP contribution is 2.21. The Hall–Kier alpha value is -3.10. The minimum absolute atomic E-state index is 0.0303. The Labute approximate surface area is 201 Å². The van der Waals surface area contributed by atoms with Crippen LogP contribution in [0.25, 0.3) is 0 Å². The summed E-state index contributed by atoms with van der Waals surface area (Å²) in [4.78, 5) is 33.3. The van der Waals surface area contributed by atoms with Crippen LogP contribution in [-0.4, -0.2) is 54.4 Å². The summed E-state index contributed by atoms with van der Waals surface area (Å²) in [6, 6.07) is 14.6. The van der Waals surface area contributed by atoms with Crippen molar-refractivity contribution in [1.29, 1.82) is 0 Å². The molecule has 0 unspecified atom stereocenters. The smallest absolute Gasteiger partial charge is 0.251 e. The van der Waals surface area contributed by atoms with Gasteiger partial charge in [0.25, 0.3) is 5.91 Å². The molecule has 3 aromatic rings. The quantitative estimate of drug-likeness (QED) is 0.552. The van der Waals surface area contributed by atoms with Crippen molar-refractivity contribution in [3.05, 3.63) is 75.2 Å². The second kappa shape index (κ2) is 10.7. The van der Waals surface area contributed by atoms with Crippen LogP contribution in [0, 0.1) is 6.92 Å². The fourth-order valence-corrected chi connectivity index (χ4v) is 4.37. The third-order valence-electron chi connectivity index (χ3n) is 5.38. The van der Waals surface area contributed by atoms with Gasteiger partial charge in [0.05, 0.1) is 17.2 Å². The summed E-state index contributed by atoms with van der Waals surface area (Å²) in [7, 11) is 0. The van der Waals surface area contributed by atoms with Gasteiger partial charge in [-0.2, -0.15) is 0 Å². The largest absolute Gasteiger partial charge is 0.487 e. The predicted molar refractivity (Wildman–Crippen MR) is 130 cm³/mol. The fraction of sp³-hybridized carbons (Fsp3) is 0.292. The molecule has 1 aliphatic rings. The summed E-state index contributed by atoms with van der Waals surface area (Å²) in [6.07, 6.45) is 0. The summed E-state index contributed by atoms with van der Waals surface area (Å²) in [5.41, 5.74) is 2.41. The monoisotopic (exact) mass is 484 g/mol. The van der Waals surface area contributed by atoms with Crippen molar-refractivity contribution < 1.29 is 14.3 Å². The third kappa shape index (κ3) is 6.24. The summed E-state index contributed by atoms with van der Waals surface area (Å²) < 4.78 is 5.71. The van der Waals surface area contributed by atoms with E-state index in [1.807, 2.05) is 36.6 Å². The van der Waals surface area contributed by atoms with E-state index in [0.717, 1.165) is 29.5 Å². The molecule has 0 spiro atoms. The number of rotatable bonds is 7. The number of hydrogen-bond donors (Lipinski definition) is 1. The number of anilines is 1. The Morgan fingerprint density at radius 3 is 2.55 bits per heavy atom. The van der Waals surface area contributed by atoms with Crippen LogP contribution in [0.3, 0.4) is 0 Å². The van der Waals surface area contributed by atoms with E-state index in [9.17, 15) is 9.59 Å². The number of hydrogen-bond acceptors (Lipinski definition) is 6. The van der Waals surface area contributed by atoms with Crippen LogP contribution in [0.2, 0.25) is 5.02 Å². The van der Waals surface area contributed by atoms with E-state index in [-0.39, 0.29) is 18.4 Å². The molecule has 1 N–H and O–H groups in total. The first-order valence-electron chi connectivity index (χ1n) is 10.7. The molecule has 0 radical (unpaired) electrons.